The number of furan rings is 1. The molecule has 0 spiro atoms. The number of amides is 1. The molecule has 0 unspecified atom stereocenters. The summed E-state index contributed by atoms with van der Waals surface area (Å²) in [5.74, 6) is -0.512. The Morgan fingerprint density at radius 2 is 1.88 bits per heavy atom. The van der Waals surface area contributed by atoms with Gasteiger partial charge in [0, 0.05) is 12.5 Å². The van der Waals surface area contributed by atoms with E-state index in [9.17, 15) is 9.59 Å². The zero-order valence-corrected chi connectivity index (χ0v) is 15.6. The molecule has 0 aliphatic carbocycles. The summed E-state index contributed by atoms with van der Waals surface area (Å²) in [5, 5.41) is 0.885. The van der Waals surface area contributed by atoms with Crippen LogP contribution in [-0.2, 0) is 16.2 Å². The van der Waals surface area contributed by atoms with E-state index < -0.39 is 11.9 Å². The molecule has 0 saturated heterocycles. The quantitative estimate of drug-likeness (QED) is 0.592. The van der Waals surface area contributed by atoms with Crippen molar-refractivity contribution in [3.8, 4) is 11.5 Å². The van der Waals surface area contributed by atoms with Crippen LogP contribution in [-0.4, -0.2) is 21.9 Å². The Kier molecular flexibility index (Phi) is 5.22. The maximum Gasteiger partial charge on any atom is 0.329 e. The molecule has 0 aliphatic heterocycles. The van der Waals surface area contributed by atoms with Crippen LogP contribution in [0, 0.1) is 6.92 Å². The normalized spacial score (nSPS) is 10.6. The van der Waals surface area contributed by atoms with Crippen molar-refractivity contribution in [3.05, 3.63) is 64.3 Å². The van der Waals surface area contributed by atoms with Crippen LogP contribution in [0.15, 0.2) is 56.0 Å². The maximum absolute atomic E-state index is 12.8. The van der Waals surface area contributed by atoms with E-state index >= 15 is 0 Å². The van der Waals surface area contributed by atoms with Crippen LogP contribution < -0.4 is 0 Å². The molecule has 26 heavy (non-hydrogen) atoms. The third kappa shape index (κ3) is 4.02. The van der Waals surface area contributed by atoms with E-state index in [0.717, 1.165) is 10.6 Å². The van der Waals surface area contributed by atoms with Crippen molar-refractivity contribution < 1.29 is 23.3 Å². The highest BCUT2D eigenvalue weighted by molar-refractivity contribution is 9.10. The zero-order valence-electron chi connectivity index (χ0n) is 14.1. The summed E-state index contributed by atoms with van der Waals surface area (Å²) < 4.78 is 11.5. The largest absolute Gasteiger partial charge is 0.452 e. The van der Waals surface area contributed by atoms with Crippen LogP contribution in [0.2, 0.25) is 0 Å². The van der Waals surface area contributed by atoms with Crippen molar-refractivity contribution in [2.45, 2.75) is 20.4 Å². The lowest BCUT2D eigenvalue weighted by molar-refractivity contribution is -0.178. The molecule has 0 atom stereocenters. The number of hydroxylamine groups is 2. The maximum atomic E-state index is 12.8. The molecule has 8 heteroatoms. The van der Waals surface area contributed by atoms with Gasteiger partial charge in [-0.15, -0.1) is 0 Å². The minimum absolute atomic E-state index is 0.00396. The number of benzene rings is 1. The average Bonchev–Trinajstić information content (AvgIpc) is 3.20. The van der Waals surface area contributed by atoms with Crippen molar-refractivity contribution in [2.75, 3.05) is 0 Å². The molecule has 0 N–H and O–H groups in total. The summed E-state index contributed by atoms with van der Waals surface area (Å²) in [6.45, 7) is 2.80. The van der Waals surface area contributed by atoms with Gasteiger partial charge in [0.2, 0.25) is 11.7 Å². The standard InChI is InChI=1S/C18H15BrN2O5/c1-11-16(25-17(20-11)13-6-4-3-5-7-13)18(23)21(26-12(2)22)10-14-8-9-15(19)24-14/h3-9H,10H2,1-2H3. The van der Waals surface area contributed by atoms with E-state index in [2.05, 4.69) is 20.9 Å². The third-order valence-electron chi connectivity index (χ3n) is 3.41. The summed E-state index contributed by atoms with van der Waals surface area (Å²) in [6, 6.07) is 12.5. The molecule has 2 aromatic heterocycles. The molecule has 7 nitrogen and oxygen atoms in total. The number of carbonyl (C=O) groups excluding carboxylic acids is 2. The fraction of sp³-hybridized carbons (Fsp3) is 0.167. The Morgan fingerprint density at radius 1 is 1.15 bits per heavy atom. The second-order valence-electron chi connectivity index (χ2n) is 5.43. The van der Waals surface area contributed by atoms with Gasteiger partial charge in [0.05, 0.1) is 5.69 Å². The smallest absolute Gasteiger partial charge is 0.329 e. The van der Waals surface area contributed by atoms with Gasteiger partial charge < -0.3 is 13.7 Å². The van der Waals surface area contributed by atoms with Gasteiger partial charge in [-0.3, -0.25) is 9.59 Å². The second kappa shape index (κ2) is 7.57. The first kappa shape index (κ1) is 17.9. The molecule has 134 valence electrons. The van der Waals surface area contributed by atoms with Crippen LogP contribution in [0.1, 0.15) is 28.9 Å². The summed E-state index contributed by atoms with van der Waals surface area (Å²) in [7, 11) is 0. The van der Waals surface area contributed by atoms with Gasteiger partial charge in [0.25, 0.3) is 0 Å². The van der Waals surface area contributed by atoms with Gasteiger partial charge >= 0.3 is 11.9 Å². The van der Waals surface area contributed by atoms with Crippen molar-refractivity contribution >= 4 is 27.8 Å². The Hall–Kier alpha value is -2.87. The SMILES string of the molecule is CC(=O)ON(Cc1ccc(Br)o1)C(=O)c1oc(-c2ccccc2)nc1C. The lowest BCUT2D eigenvalue weighted by atomic mass is 10.2. The van der Waals surface area contributed by atoms with Crippen molar-refractivity contribution in [3.63, 3.8) is 0 Å². The summed E-state index contributed by atoms with van der Waals surface area (Å²) in [6.07, 6.45) is 0. The number of hydrogen-bond donors (Lipinski definition) is 0. The van der Waals surface area contributed by atoms with E-state index in [0.29, 0.717) is 22.0 Å². The molecule has 2 heterocycles. The van der Waals surface area contributed by atoms with Crippen LogP contribution >= 0.6 is 15.9 Å². The molecule has 0 saturated carbocycles. The minimum atomic E-state index is -0.635. The van der Waals surface area contributed by atoms with Gasteiger partial charge in [-0.1, -0.05) is 18.2 Å². The Balaban J connectivity index is 1.88. The zero-order chi connectivity index (χ0) is 18.7. The lowest BCUT2D eigenvalue weighted by Crippen LogP contribution is -2.32. The number of nitrogens with zero attached hydrogens (tertiary/aromatic N) is 2. The van der Waals surface area contributed by atoms with Crippen LogP contribution in [0.5, 0.6) is 0 Å². The molecule has 0 bridgehead atoms. The highest BCUT2D eigenvalue weighted by atomic mass is 79.9. The molecular formula is C18H15BrN2O5. The first-order valence-corrected chi connectivity index (χ1v) is 8.51. The van der Waals surface area contributed by atoms with E-state index in [1.807, 2.05) is 30.3 Å². The first-order chi connectivity index (χ1) is 12.4. The molecule has 0 fully saturated rings. The molecule has 3 rings (SSSR count). The van der Waals surface area contributed by atoms with Crippen LogP contribution in [0.4, 0.5) is 0 Å². The average molecular weight is 419 g/mol. The number of aromatic nitrogens is 1. The fourth-order valence-corrected chi connectivity index (χ4v) is 2.63. The molecule has 1 amide bonds. The molecule has 0 radical (unpaired) electrons. The Morgan fingerprint density at radius 3 is 2.50 bits per heavy atom. The van der Waals surface area contributed by atoms with Gasteiger partial charge in [-0.25, -0.2) is 4.98 Å². The van der Waals surface area contributed by atoms with E-state index in [1.165, 1.54) is 6.92 Å². The van der Waals surface area contributed by atoms with Gasteiger partial charge in [0.1, 0.15) is 12.3 Å². The fourth-order valence-electron chi connectivity index (χ4n) is 2.29. The molecule has 0 aliphatic rings. The lowest BCUT2D eigenvalue weighted by Gasteiger charge is -2.18. The van der Waals surface area contributed by atoms with Crippen molar-refractivity contribution in [1.82, 2.24) is 10.0 Å². The summed E-state index contributed by atoms with van der Waals surface area (Å²) in [4.78, 5) is 33.5. The van der Waals surface area contributed by atoms with Crippen LogP contribution in [0.25, 0.3) is 11.5 Å². The predicted molar refractivity (Wildman–Crippen MR) is 94.7 cm³/mol. The number of oxazole rings is 1. The van der Waals surface area contributed by atoms with Crippen molar-refractivity contribution in [2.24, 2.45) is 0 Å². The molecular weight excluding hydrogens is 404 g/mol. The van der Waals surface area contributed by atoms with E-state index in [1.54, 1.807) is 19.1 Å². The van der Waals surface area contributed by atoms with Gasteiger partial charge in [0.15, 0.2) is 4.67 Å². The number of carbonyl (C=O) groups is 2. The van der Waals surface area contributed by atoms with Crippen molar-refractivity contribution in [1.29, 1.82) is 0 Å². The number of rotatable bonds is 4. The van der Waals surface area contributed by atoms with E-state index in [-0.39, 0.29) is 12.3 Å². The van der Waals surface area contributed by atoms with Crippen LogP contribution in [0.3, 0.4) is 0 Å². The molecule has 1 aromatic carbocycles. The predicted octanol–water partition coefficient (Wildman–Crippen LogP) is 4.13. The second-order valence-corrected chi connectivity index (χ2v) is 6.21. The molecule has 3 aromatic rings. The Labute approximate surface area is 157 Å². The minimum Gasteiger partial charge on any atom is -0.452 e. The number of aryl methyl sites for hydroxylation is 1. The summed E-state index contributed by atoms with van der Waals surface area (Å²) in [5.41, 5.74) is 1.13. The van der Waals surface area contributed by atoms with Gasteiger partial charge in [-0.05, 0) is 47.1 Å². The highest BCUT2D eigenvalue weighted by Gasteiger charge is 2.27. The van der Waals surface area contributed by atoms with E-state index in [4.69, 9.17) is 13.7 Å². The topological polar surface area (TPSA) is 85.8 Å². The Bertz CT molecular complexity index is 932. The number of halogens is 1. The number of hydrogen-bond acceptors (Lipinski definition) is 6. The van der Waals surface area contributed by atoms with Gasteiger partial charge in [-0.2, -0.15) is 5.06 Å². The summed E-state index contributed by atoms with van der Waals surface area (Å²) >= 11 is 3.19. The third-order valence-corrected chi connectivity index (χ3v) is 3.83. The highest BCUT2D eigenvalue weighted by Crippen LogP contribution is 2.24. The first-order valence-electron chi connectivity index (χ1n) is 7.71. The monoisotopic (exact) mass is 418 g/mol.